The number of allylic oxidation sites excluding steroid dienone is 3. The molecule has 0 aliphatic carbocycles. The molecule has 0 nitrogen and oxygen atoms in total. The van der Waals surface area contributed by atoms with E-state index in [-0.39, 0.29) is 0 Å². The molecule has 2 rings (SSSR count). The average molecular weight is 188 g/mol. The fraction of sp³-hybridized carbons (Fsp3) is 0.167. The molecule has 13 heavy (non-hydrogen) atoms. The van der Waals surface area contributed by atoms with Gasteiger partial charge in [0.05, 0.1) is 0 Å². The van der Waals surface area contributed by atoms with Gasteiger partial charge in [-0.2, -0.15) is 0 Å². The topological polar surface area (TPSA) is 0 Å². The van der Waals surface area contributed by atoms with Gasteiger partial charge >= 0.3 is 0 Å². The molecule has 1 heterocycles. The molecule has 0 atom stereocenters. The second-order valence-electron chi connectivity index (χ2n) is 2.98. The van der Waals surface area contributed by atoms with Gasteiger partial charge in [-0.3, -0.25) is 0 Å². The minimum Gasteiger partial charge on any atom is -0.122 e. The van der Waals surface area contributed by atoms with Crippen LogP contribution in [0.4, 0.5) is 0 Å². The lowest BCUT2D eigenvalue weighted by molar-refractivity contribution is 1.18. The van der Waals surface area contributed by atoms with E-state index in [1.807, 2.05) is 11.8 Å². The molecule has 0 N–H and O–H groups in total. The Morgan fingerprint density at radius 1 is 1.00 bits per heavy atom. The maximum absolute atomic E-state index is 2.21. The van der Waals surface area contributed by atoms with Gasteiger partial charge in [-0.15, -0.1) is 11.8 Å². The molecule has 66 valence electrons. The number of benzene rings is 1. The molecule has 1 heteroatoms. The van der Waals surface area contributed by atoms with E-state index in [1.54, 1.807) is 0 Å². The van der Waals surface area contributed by atoms with Crippen LogP contribution in [0.3, 0.4) is 0 Å². The fourth-order valence-corrected chi connectivity index (χ4v) is 2.26. The van der Waals surface area contributed by atoms with Gasteiger partial charge in [0.25, 0.3) is 0 Å². The molecule has 0 spiro atoms. The third kappa shape index (κ3) is 2.25. The van der Waals surface area contributed by atoms with Crippen LogP contribution in [0.25, 0.3) is 0 Å². The summed E-state index contributed by atoms with van der Waals surface area (Å²) in [7, 11) is 0. The number of hydrogen-bond acceptors (Lipinski definition) is 1. The second kappa shape index (κ2) is 4.33. The average Bonchev–Trinajstić information content (AvgIpc) is 2.28. The van der Waals surface area contributed by atoms with Crippen molar-refractivity contribution in [2.75, 3.05) is 5.75 Å². The molecular formula is C12H12S. The predicted molar refractivity (Wildman–Crippen MR) is 59.2 cm³/mol. The summed E-state index contributed by atoms with van der Waals surface area (Å²) >= 11 is 1.91. The Morgan fingerprint density at radius 2 is 1.85 bits per heavy atom. The van der Waals surface area contributed by atoms with Gasteiger partial charge in [0.15, 0.2) is 0 Å². The summed E-state index contributed by atoms with van der Waals surface area (Å²) in [4.78, 5) is 1.42. The zero-order chi connectivity index (χ0) is 8.93. The molecule has 0 aromatic heterocycles. The van der Waals surface area contributed by atoms with Crippen molar-refractivity contribution in [3.8, 4) is 0 Å². The van der Waals surface area contributed by atoms with Gasteiger partial charge in [0, 0.05) is 10.6 Å². The predicted octanol–water partition coefficient (Wildman–Crippen LogP) is 3.45. The maximum atomic E-state index is 2.21. The lowest BCUT2D eigenvalue weighted by Gasteiger charge is -2.04. The van der Waals surface area contributed by atoms with E-state index in [1.165, 1.54) is 10.5 Å². The zero-order valence-electron chi connectivity index (χ0n) is 7.44. The quantitative estimate of drug-likeness (QED) is 0.601. The SMILES string of the molecule is C1=C\CSc2ccccc2C\C=C/1. The van der Waals surface area contributed by atoms with E-state index in [2.05, 4.69) is 48.6 Å². The molecule has 0 radical (unpaired) electrons. The molecule has 0 saturated carbocycles. The van der Waals surface area contributed by atoms with Crippen LogP contribution in [0.2, 0.25) is 0 Å². The molecule has 1 aromatic carbocycles. The van der Waals surface area contributed by atoms with Gasteiger partial charge in [0.1, 0.15) is 0 Å². The molecule has 0 fully saturated rings. The molecule has 0 amide bonds. The van der Waals surface area contributed by atoms with Gasteiger partial charge in [0.2, 0.25) is 0 Å². The third-order valence-corrected chi connectivity index (χ3v) is 3.10. The van der Waals surface area contributed by atoms with Crippen molar-refractivity contribution in [1.82, 2.24) is 0 Å². The van der Waals surface area contributed by atoms with Crippen LogP contribution in [0.15, 0.2) is 53.5 Å². The van der Waals surface area contributed by atoms with Gasteiger partial charge in [-0.25, -0.2) is 0 Å². The van der Waals surface area contributed by atoms with Gasteiger partial charge in [-0.1, -0.05) is 42.5 Å². The zero-order valence-corrected chi connectivity index (χ0v) is 8.26. The third-order valence-electron chi connectivity index (χ3n) is 2.03. The van der Waals surface area contributed by atoms with E-state index in [0.29, 0.717) is 0 Å². The minimum atomic E-state index is 1.05. The lowest BCUT2D eigenvalue weighted by atomic mass is 10.1. The van der Waals surface area contributed by atoms with E-state index in [0.717, 1.165) is 12.2 Å². The van der Waals surface area contributed by atoms with Gasteiger partial charge < -0.3 is 0 Å². The molecule has 0 saturated heterocycles. The van der Waals surface area contributed by atoms with Crippen LogP contribution in [-0.2, 0) is 6.42 Å². The Bertz CT molecular complexity index is 337. The summed E-state index contributed by atoms with van der Waals surface area (Å²) < 4.78 is 0. The monoisotopic (exact) mass is 188 g/mol. The first-order chi connectivity index (χ1) is 6.47. The van der Waals surface area contributed by atoms with Gasteiger partial charge in [-0.05, 0) is 18.1 Å². The number of hydrogen-bond donors (Lipinski definition) is 0. The van der Waals surface area contributed by atoms with Crippen molar-refractivity contribution in [3.63, 3.8) is 0 Å². The first kappa shape index (κ1) is 8.64. The van der Waals surface area contributed by atoms with Crippen LogP contribution in [0.1, 0.15) is 5.56 Å². The largest absolute Gasteiger partial charge is 0.122 e. The first-order valence-electron chi connectivity index (χ1n) is 4.49. The normalized spacial score (nSPS) is 20.6. The van der Waals surface area contributed by atoms with Crippen molar-refractivity contribution >= 4 is 11.8 Å². The summed E-state index contributed by atoms with van der Waals surface area (Å²) in [5, 5.41) is 0. The van der Waals surface area contributed by atoms with Crippen molar-refractivity contribution in [1.29, 1.82) is 0 Å². The molecular weight excluding hydrogens is 176 g/mol. The van der Waals surface area contributed by atoms with E-state index < -0.39 is 0 Å². The van der Waals surface area contributed by atoms with Crippen LogP contribution >= 0.6 is 11.8 Å². The Hall–Kier alpha value is -0.950. The van der Waals surface area contributed by atoms with Crippen molar-refractivity contribution in [2.45, 2.75) is 11.3 Å². The highest BCUT2D eigenvalue weighted by atomic mass is 32.2. The standard InChI is InChI=1S/C12H12S/c1-2-6-10-13-12-9-5-4-8-11(12)7-3-1/h1-6,8-9H,7,10H2/b3-1-,6-2-. The molecule has 1 aliphatic rings. The van der Waals surface area contributed by atoms with Crippen LogP contribution in [-0.4, -0.2) is 5.75 Å². The summed E-state index contributed by atoms with van der Waals surface area (Å²) in [6, 6.07) is 8.63. The highest BCUT2D eigenvalue weighted by molar-refractivity contribution is 7.99. The minimum absolute atomic E-state index is 1.05. The van der Waals surface area contributed by atoms with E-state index in [9.17, 15) is 0 Å². The highest BCUT2D eigenvalue weighted by Crippen LogP contribution is 2.23. The van der Waals surface area contributed by atoms with Crippen molar-refractivity contribution in [2.24, 2.45) is 0 Å². The fourth-order valence-electron chi connectivity index (χ4n) is 1.36. The van der Waals surface area contributed by atoms with Crippen LogP contribution in [0, 0.1) is 0 Å². The first-order valence-corrected chi connectivity index (χ1v) is 5.48. The Kier molecular flexibility index (Phi) is 2.88. The van der Waals surface area contributed by atoms with E-state index >= 15 is 0 Å². The summed E-state index contributed by atoms with van der Waals surface area (Å²) in [6.07, 6.45) is 9.71. The highest BCUT2D eigenvalue weighted by Gasteiger charge is 1.99. The second-order valence-corrected chi connectivity index (χ2v) is 4.04. The van der Waals surface area contributed by atoms with E-state index in [4.69, 9.17) is 0 Å². The molecule has 1 aliphatic heterocycles. The van der Waals surface area contributed by atoms with Crippen molar-refractivity contribution in [3.05, 3.63) is 54.1 Å². The van der Waals surface area contributed by atoms with Crippen LogP contribution in [0.5, 0.6) is 0 Å². The molecule has 0 bridgehead atoms. The Morgan fingerprint density at radius 3 is 2.85 bits per heavy atom. The maximum Gasteiger partial charge on any atom is 0.0164 e. The summed E-state index contributed by atoms with van der Waals surface area (Å²) in [5.74, 6) is 1.07. The Balaban J connectivity index is 2.31. The Labute approximate surface area is 83.4 Å². The summed E-state index contributed by atoms with van der Waals surface area (Å²) in [5.41, 5.74) is 1.44. The molecule has 1 aromatic rings. The smallest absolute Gasteiger partial charge is 0.0164 e. The summed E-state index contributed by atoms with van der Waals surface area (Å²) in [6.45, 7) is 0. The van der Waals surface area contributed by atoms with Crippen LogP contribution < -0.4 is 0 Å². The molecule has 0 unspecified atom stereocenters. The number of fused-ring (bicyclic) bond motifs is 1. The van der Waals surface area contributed by atoms with Crippen molar-refractivity contribution < 1.29 is 0 Å². The number of thioether (sulfide) groups is 1. The number of rotatable bonds is 0. The lowest BCUT2D eigenvalue weighted by Crippen LogP contribution is -1.84.